The van der Waals surface area contributed by atoms with Gasteiger partial charge in [-0.1, -0.05) is 54.3 Å². The molecule has 0 radical (unpaired) electrons. The van der Waals surface area contributed by atoms with Crippen molar-refractivity contribution in [3.05, 3.63) is 59.0 Å². The number of methoxy groups -OCH3 is 1. The Hall–Kier alpha value is -2.84. The Balaban J connectivity index is 1.73. The number of hydrogen-bond acceptors (Lipinski definition) is 6. The standard InChI is InChI=1S/C19H16N2O4S2/c1-25-15-9-5-2-6-12(15)10-16-18(24)21(19(26)27-16)11-17(23)20-13-7-3-4-8-14(13)22/h2-10,22H,11H2,1H3,(H,20,23)/b16-10-. The number of nitrogens with one attached hydrogen (secondary N) is 1. The zero-order chi connectivity index (χ0) is 19.4. The molecule has 1 fully saturated rings. The van der Waals surface area contributed by atoms with E-state index in [2.05, 4.69) is 5.32 Å². The maximum Gasteiger partial charge on any atom is 0.266 e. The Morgan fingerprint density at radius 1 is 1.26 bits per heavy atom. The first-order chi connectivity index (χ1) is 13.0. The molecule has 8 heteroatoms. The third-order valence-electron chi connectivity index (χ3n) is 3.78. The second-order valence-electron chi connectivity index (χ2n) is 5.58. The number of hydrogen-bond donors (Lipinski definition) is 2. The van der Waals surface area contributed by atoms with Crippen LogP contribution in [0.25, 0.3) is 6.08 Å². The molecule has 2 amide bonds. The van der Waals surface area contributed by atoms with Crippen LogP contribution in [0, 0.1) is 0 Å². The van der Waals surface area contributed by atoms with Crippen LogP contribution in [0.3, 0.4) is 0 Å². The van der Waals surface area contributed by atoms with Crippen molar-refractivity contribution in [2.24, 2.45) is 0 Å². The van der Waals surface area contributed by atoms with E-state index in [0.717, 1.165) is 17.3 Å². The highest BCUT2D eigenvalue weighted by molar-refractivity contribution is 8.26. The Bertz CT molecular complexity index is 943. The zero-order valence-electron chi connectivity index (χ0n) is 14.3. The van der Waals surface area contributed by atoms with Crippen LogP contribution in [0.4, 0.5) is 5.69 Å². The summed E-state index contributed by atoms with van der Waals surface area (Å²) in [5.74, 6) is -0.206. The van der Waals surface area contributed by atoms with Gasteiger partial charge in [0.2, 0.25) is 5.91 Å². The van der Waals surface area contributed by atoms with Crippen LogP contribution in [0.2, 0.25) is 0 Å². The largest absolute Gasteiger partial charge is 0.506 e. The molecule has 2 N–H and O–H groups in total. The fourth-order valence-corrected chi connectivity index (χ4v) is 3.72. The van der Waals surface area contributed by atoms with Gasteiger partial charge in [0.25, 0.3) is 5.91 Å². The summed E-state index contributed by atoms with van der Waals surface area (Å²) in [6.45, 7) is -0.234. The molecule has 1 saturated heterocycles. The van der Waals surface area contributed by atoms with Gasteiger partial charge in [0.1, 0.15) is 22.4 Å². The van der Waals surface area contributed by atoms with Crippen LogP contribution in [0.1, 0.15) is 5.56 Å². The quantitative estimate of drug-likeness (QED) is 0.456. The third kappa shape index (κ3) is 4.29. The van der Waals surface area contributed by atoms with Gasteiger partial charge in [0.15, 0.2) is 0 Å². The van der Waals surface area contributed by atoms with E-state index in [1.165, 1.54) is 11.0 Å². The molecule has 138 valence electrons. The van der Waals surface area contributed by atoms with E-state index in [1.807, 2.05) is 18.2 Å². The lowest BCUT2D eigenvalue weighted by Crippen LogP contribution is -2.36. The van der Waals surface area contributed by atoms with Crippen molar-refractivity contribution in [3.8, 4) is 11.5 Å². The first kappa shape index (κ1) is 18.9. The topological polar surface area (TPSA) is 78.9 Å². The van der Waals surface area contributed by atoms with Gasteiger partial charge in [0, 0.05) is 5.56 Å². The summed E-state index contributed by atoms with van der Waals surface area (Å²) in [6, 6.07) is 13.7. The predicted molar refractivity (Wildman–Crippen MR) is 110 cm³/mol. The minimum absolute atomic E-state index is 0.0488. The summed E-state index contributed by atoms with van der Waals surface area (Å²) in [5.41, 5.74) is 1.02. The molecular weight excluding hydrogens is 384 g/mol. The third-order valence-corrected chi connectivity index (χ3v) is 5.16. The molecule has 0 unspecified atom stereocenters. The van der Waals surface area contributed by atoms with Crippen LogP contribution in [-0.2, 0) is 9.59 Å². The highest BCUT2D eigenvalue weighted by Crippen LogP contribution is 2.34. The minimum Gasteiger partial charge on any atom is -0.506 e. The van der Waals surface area contributed by atoms with Crippen LogP contribution in [0.5, 0.6) is 11.5 Å². The maximum atomic E-state index is 12.7. The van der Waals surface area contributed by atoms with E-state index in [9.17, 15) is 14.7 Å². The van der Waals surface area contributed by atoms with Crippen LogP contribution >= 0.6 is 24.0 Å². The number of nitrogens with zero attached hydrogens (tertiary/aromatic N) is 1. The van der Waals surface area contributed by atoms with E-state index >= 15 is 0 Å². The number of phenols is 1. The monoisotopic (exact) mass is 400 g/mol. The Kier molecular flexibility index (Phi) is 5.78. The Morgan fingerprint density at radius 2 is 1.96 bits per heavy atom. The molecule has 1 heterocycles. The van der Waals surface area contributed by atoms with Gasteiger partial charge in [-0.05, 0) is 24.3 Å². The summed E-state index contributed by atoms with van der Waals surface area (Å²) in [4.78, 5) is 26.6. The van der Waals surface area contributed by atoms with Gasteiger partial charge in [-0.2, -0.15) is 0 Å². The van der Waals surface area contributed by atoms with Crippen LogP contribution in [-0.4, -0.2) is 39.8 Å². The van der Waals surface area contributed by atoms with Crippen molar-refractivity contribution in [2.75, 3.05) is 19.0 Å². The normalized spacial score (nSPS) is 15.3. The maximum absolute atomic E-state index is 12.7. The molecule has 2 aromatic carbocycles. The summed E-state index contributed by atoms with van der Waals surface area (Å²) in [5, 5.41) is 12.3. The second kappa shape index (κ2) is 8.24. The number of ether oxygens (including phenoxy) is 1. The Labute approximate surface area is 165 Å². The zero-order valence-corrected chi connectivity index (χ0v) is 16.0. The highest BCUT2D eigenvalue weighted by atomic mass is 32.2. The average Bonchev–Trinajstić information content (AvgIpc) is 2.91. The molecular formula is C19H16N2O4S2. The molecule has 0 atom stereocenters. The number of rotatable bonds is 5. The number of para-hydroxylation sites is 3. The van der Waals surface area contributed by atoms with Crippen molar-refractivity contribution in [1.82, 2.24) is 4.90 Å². The SMILES string of the molecule is COc1ccccc1/C=C1\SC(=S)N(CC(=O)Nc2ccccc2O)C1=O. The Morgan fingerprint density at radius 3 is 2.70 bits per heavy atom. The highest BCUT2D eigenvalue weighted by Gasteiger charge is 2.33. The molecule has 0 aromatic heterocycles. The number of thiocarbonyl (C=S) groups is 1. The smallest absolute Gasteiger partial charge is 0.266 e. The van der Waals surface area contributed by atoms with Gasteiger partial charge in [0.05, 0.1) is 17.7 Å². The van der Waals surface area contributed by atoms with Crippen molar-refractivity contribution >= 4 is 51.9 Å². The van der Waals surface area contributed by atoms with Gasteiger partial charge in [-0.15, -0.1) is 0 Å². The molecule has 2 aromatic rings. The van der Waals surface area contributed by atoms with E-state index < -0.39 is 5.91 Å². The molecule has 0 saturated carbocycles. The molecule has 1 aliphatic rings. The summed E-state index contributed by atoms with van der Waals surface area (Å²) >= 11 is 6.38. The molecule has 1 aliphatic heterocycles. The number of anilines is 1. The van der Waals surface area contributed by atoms with Gasteiger partial charge in [-0.3, -0.25) is 14.5 Å². The number of phenolic OH excluding ortho intramolecular Hbond substituents is 1. The van der Waals surface area contributed by atoms with E-state index in [4.69, 9.17) is 17.0 Å². The van der Waals surface area contributed by atoms with Crippen molar-refractivity contribution in [1.29, 1.82) is 0 Å². The number of carbonyl (C=O) groups is 2. The van der Waals surface area contributed by atoms with Crippen LogP contribution < -0.4 is 10.1 Å². The first-order valence-electron chi connectivity index (χ1n) is 7.96. The van der Waals surface area contributed by atoms with Crippen LogP contribution in [0.15, 0.2) is 53.4 Å². The molecule has 3 rings (SSSR count). The van der Waals surface area contributed by atoms with Crippen molar-refractivity contribution in [3.63, 3.8) is 0 Å². The second-order valence-corrected chi connectivity index (χ2v) is 7.25. The molecule has 27 heavy (non-hydrogen) atoms. The fourth-order valence-electron chi connectivity index (χ4n) is 2.48. The number of aromatic hydroxyl groups is 1. The number of benzene rings is 2. The first-order valence-corrected chi connectivity index (χ1v) is 9.18. The van der Waals surface area contributed by atoms with E-state index in [1.54, 1.807) is 37.5 Å². The van der Waals surface area contributed by atoms with E-state index in [-0.39, 0.29) is 23.9 Å². The lowest BCUT2D eigenvalue weighted by molar-refractivity contribution is -0.126. The lowest BCUT2D eigenvalue weighted by Gasteiger charge is -2.14. The fraction of sp³-hybridized carbons (Fsp3) is 0.105. The molecule has 0 aliphatic carbocycles. The van der Waals surface area contributed by atoms with Gasteiger partial charge in [-0.25, -0.2) is 0 Å². The molecule has 0 bridgehead atoms. The lowest BCUT2D eigenvalue weighted by atomic mass is 10.2. The summed E-state index contributed by atoms with van der Waals surface area (Å²) in [6.07, 6.45) is 1.69. The minimum atomic E-state index is -0.452. The number of amides is 2. The van der Waals surface area contributed by atoms with Crippen molar-refractivity contribution < 1.29 is 19.4 Å². The van der Waals surface area contributed by atoms with E-state index in [0.29, 0.717) is 15.0 Å². The molecule has 6 nitrogen and oxygen atoms in total. The predicted octanol–water partition coefficient (Wildman–Crippen LogP) is 3.24. The number of carbonyl (C=O) groups excluding carboxylic acids is 2. The van der Waals surface area contributed by atoms with Crippen molar-refractivity contribution in [2.45, 2.75) is 0 Å². The van der Waals surface area contributed by atoms with Gasteiger partial charge >= 0.3 is 0 Å². The number of thioether (sulfide) groups is 1. The summed E-state index contributed by atoms with van der Waals surface area (Å²) < 4.78 is 5.59. The average molecular weight is 400 g/mol. The van der Waals surface area contributed by atoms with Gasteiger partial charge < -0.3 is 15.2 Å². The molecule has 0 spiro atoms. The summed E-state index contributed by atoms with van der Waals surface area (Å²) in [7, 11) is 1.56.